The average Bonchev–Trinajstić information content (AvgIpc) is 2.82. The maximum absolute atomic E-state index is 14.2. The zero-order valence-electron chi connectivity index (χ0n) is 18.6. The van der Waals surface area contributed by atoms with Crippen molar-refractivity contribution in [2.75, 3.05) is 18.6 Å². The van der Waals surface area contributed by atoms with Crippen molar-refractivity contribution < 1.29 is 8.42 Å². The van der Waals surface area contributed by atoms with E-state index in [1.165, 1.54) is 0 Å². The lowest BCUT2D eigenvalue weighted by Crippen LogP contribution is -2.64. The number of rotatable bonds is 3. The van der Waals surface area contributed by atoms with Crippen LogP contribution in [0.2, 0.25) is 0 Å². The highest BCUT2D eigenvalue weighted by Gasteiger charge is 2.53. The highest BCUT2D eigenvalue weighted by atomic mass is 32.2. The molecule has 0 saturated heterocycles. The van der Waals surface area contributed by atoms with Gasteiger partial charge in [-0.2, -0.15) is 12.3 Å². The smallest absolute Gasteiger partial charge is 0.314 e. The Bertz CT molecular complexity index is 1400. The Morgan fingerprint density at radius 2 is 1.38 bits per heavy atom. The lowest BCUT2D eigenvalue weighted by atomic mass is 9.85. The molecular formula is C27H27N2O2S+. The molecule has 1 aliphatic heterocycles. The highest BCUT2D eigenvalue weighted by Crippen LogP contribution is 2.50. The van der Waals surface area contributed by atoms with Crippen LogP contribution in [0.1, 0.15) is 19.4 Å². The van der Waals surface area contributed by atoms with Crippen LogP contribution in [0.15, 0.2) is 102 Å². The van der Waals surface area contributed by atoms with E-state index in [1.807, 2.05) is 67.7 Å². The van der Waals surface area contributed by atoms with Crippen LogP contribution in [0.25, 0.3) is 10.8 Å². The molecule has 0 spiro atoms. The van der Waals surface area contributed by atoms with Crippen molar-refractivity contribution in [3.05, 3.63) is 103 Å². The molecule has 4 aromatic rings. The molecule has 1 atom stereocenters. The van der Waals surface area contributed by atoms with Crippen LogP contribution in [-0.2, 0) is 15.6 Å². The molecule has 1 heterocycles. The molecule has 4 nitrogen and oxygen atoms in total. The quantitative estimate of drug-likeness (QED) is 0.371. The Labute approximate surface area is 190 Å². The van der Waals surface area contributed by atoms with Crippen molar-refractivity contribution in [1.29, 1.82) is 0 Å². The second kappa shape index (κ2) is 7.19. The Hall–Kier alpha value is -3.15. The van der Waals surface area contributed by atoms with E-state index in [9.17, 15) is 8.42 Å². The molecule has 1 aliphatic rings. The third kappa shape index (κ3) is 2.89. The molecule has 4 aromatic carbocycles. The lowest BCUT2D eigenvalue weighted by Gasteiger charge is -2.51. The largest absolute Gasteiger partial charge is 0.333 e. The fourth-order valence-electron chi connectivity index (χ4n) is 4.95. The van der Waals surface area contributed by atoms with Crippen LogP contribution in [0.5, 0.6) is 0 Å². The molecule has 0 unspecified atom stereocenters. The van der Waals surface area contributed by atoms with Crippen molar-refractivity contribution >= 4 is 32.2 Å². The summed E-state index contributed by atoms with van der Waals surface area (Å²) >= 11 is 0. The Balaban J connectivity index is 1.87. The fraction of sp³-hybridized carbons (Fsp3) is 0.185. The summed E-state index contributed by atoms with van der Waals surface area (Å²) in [6.07, 6.45) is 0. The van der Waals surface area contributed by atoms with Gasteiger partial charge in [0.2, 0.25) is 0 Å². The molecule has 5 heteroatoms. The van der Waals surface area contributed by atoms with Gasteiger partial charge in [-0.25, -0.2) is 0 Å². The third-order valence-corrected chi connectivity index (χ3v) is 8.99. The summed E-state index contributed by atoms with van der Waals surface area (Å²) < 4.78 is 28.3. The first-order valence-electron chi connectivity index (χ1n) is 10.8. The van der Waals surface area contributed by atoms with Crippen LogP contribution >= 0.6 is 0 Å². The first kappa shape index (κ1) is 20.7. The Kier molecular flexibility index (Phi) is 4.66. The Morgan fingerprint density at radius 3 is 2.06 bits per heavy atom. The standard InChI is InChI=1S/C27H27N2O2S/c1-27(2)25-19-18-21-12-10-11-17-24(21)26(25)29(3,20-28(27)22-13-6-4-7-14-22)32(30,31)23-15-8-5-9-16-23/h4-19H,20H2,1-3H3/q+1/t29-/m1/s1. The van der Waals surface area contributed by atoms with Crippen molar-refractivity contribution in [2.24, 2.45) is 0 Å². The number of hydrogen-bond donors (Lipinski definition) is 0. The molecule has 5 rings (SSSR count). The number of para-hydroxylation sites is 1. The number of fused-ring (bicyclic) bond motifs is 3. The van der Waals surface area contributed by atoms with Crippen molar-refractivity contribution in [1.82, 2.24) is 3.89 Å². The van der Waals surface area contributed by atoms with Gasteiger partial charge in [0.25, 0.3) is 0 Å². The maximum Gasteiger partial charge on any atom is 0.333 e. The van der Waals surface area contributed by atoms with Gasteiger partial charge in [-0.1, -0.05) is 66.7 Å². The van der Waals surface area contributed by atoms with Gasteiger partial charge in [0.15, 0.2) is 12.4 Å². The average molecular weight is 444 g/mol. The minimum absolute atomic E-state index is 0.230. The minimum atomic E-state index is -3.76. The predicted octanol–water partition coefficient (Wildman–Crippen LogP) is 5.88. The topological polar surface area (TPSA) is 37.4 Å². The molecule has 0 aliphatic carbocycles. The van der Waals surface area contributed by atoms with E-state index < -0.39 is 15.6 Å². The normalized spacial score (nSPS) is 20.2. The van der Waals surface area contributed by atoms with Gasteiger partial charge in [0, 0.05) is 16.6 Å². The van der Waals surface area contributed by atoms with Crippen LogP contribution in [0.4, 0.5) is 11.4 Å². The first-order valence-corrected chi connectivity index (χ1v) is 12.2. The number of hydrogen-bond acceptors (Lipinski definition) is 3. The molecule has 0 bridgehead atoms. The summed E-state index contributed by atoms with van der Waals surface area (Å²) in [6, 6.07) is 31.1. The Morgan fingerprint density at radius 1 is 0.781 bits per heavy atom. The van der Waals surface area contributed by atoms with Crippen molar-refractivity contribution in [2.45, 2.75) is 24.3 Å². The molecule has 0 amide bonds. The molecule has 162 valence electrons. The number of anilines is 1. The van der Waals surface area contributed by atoms with Crippen molar-refractivity contribution in [3.63, 3.8) is 0 Å². The van der Waals surface area contributed by atoms with E-state index in [2.05, 4.69) is 30.9 Å². The zero-order chi connectivity index (χ0) is 22.6. The third-order valence-electron chi connectivity index (χ3n) is 6.76. The van der Waals surface area contributed by atoms with Gasteiger partial charge in [0.1, 0.15) is 4.90 Å². The van der Waals surface area contributed by atoms with Crippen LogP contribution in [0.3, 0.4) is 0 Å². The maximum atomic E-state index is 14.2. The SMILES string of the molecule is CC1(C)c2ccc3ccccc3c2[N@+](C)(S(=O)(=O)c2ccccc2)CN1c1ccccc1. The zero-order valence-corrected chi connectivity index (χ0v) is 19.4. The van der Waals surface area contributed by atoms with Crippen LogP contribution in [-0.4, -0.2) is 22.1 Å². The predicted molar refractivity (Wildman–Crippen MR) is 132 cm³/mol. The molecule has 0 radical (unpaired) electrons. The van der Waals surface area contributed by atoms with E-state index >= 15 is 0 Å². The van der Waals surface area contributed by atoms with E-state index in [0.29, 0.717) is 11.6 Å². The van der Waals surface area contributed by atoms with Gasteiger partial charge in [-0.05, 0) is 49.6 Å². The monoisotopic (exact) mass is 443 g/mol. The van der Waals surface area contributed by atoms with Crippen molar-refractivity contribution in [3.8, 4) is 0 Å². The van der Waals surface area contributed by atoms with Crippen LogP contribution < -0.4 is 8.79 Å². The highest BCUT2D eigenvalue weighted by molar-refractivity contribution is 7.91. The first-order chi connectivity index (χ1) is 15.3. The molecule has 0 saturated carbocycles. The summed E-state index contributed by atoms with van der Waals surface area (Å²) in [5.41, 5.74) is 2.48. The summed E-state index contributed by atoms with van der Waals surface area (Å²) in [6.45, 7) is 4.65. The summed E-state index contributed by atoms with van der Waals surface area (Å²) in [5, 5.41) is 2.02. The van der Waals surface area contributed by atoms with Gasteiger partial charge < -0.3 is 4.90 Å². The van der Waals surface area contributed by atoms with E-state index in [1.54, 1.807) is 24.3 Å². The fourth-order valence-corrected chi connectivity index (χ4v) is 6.63. The van der Waals surface area contributed by atoms with E-state index in [-0.39, 0.29) is 3.89 Å². The van der Waals surface area contributed by atoms with Gasteiger partial charge in [0.05, 0.1) is 12.6 Å². The van der Waals surface area contributed by atoms with Gasteiger partial charge in [-0.15, -0.1) is 0 Å². The second-order valence-corrected chi connectivity index (χ2v) is 11.3. The summed E-state index contributed by atoms with van der Waals surface area (Å²) in [4.78, 5) is 2.54. The molecule has 0 N–H and O–H groups in total. The molecular weight excluding hydrogens is 416 g/mol. The minimum Gasteiger partial charge on any atom is -0.314 e. The summed E-state index contributed by atoms with van der Waals surface area (Å²) in [7, 11) is -1.93. The molecule has 32 heavy (non-hydrogen) atoms. The van der Waals surface area contributed by atoms with E-state index in [0.717, 1.165) is 27.7 Å². The number of benzene rings is 4. The van der Waals surface area contributed by atoms with Gasteiger partial charge >= 0.3 is 10.0 Å². The lowest BCUT2D eigenvalue weighted by molar-refractivity contribution is 0.355. The molecule has 0 aromatic heterocycles. The molecule has 0 fully saturated rings. The number of sulfonamides is 1. The van der Waals surface area contributed by atoms with Gasteiger partial charge in [-0.3, -0.25) is 0 Å². The summed E-state index contributed by atoms with van der Waals surface area (Å²) in [5.74, 6) is 0. The number of nitrogens with zero attached hydrogens (tertiary/aromatic N) is 2. The number of quaternary nitrogens is 1. The second-order valence-electron chi connectivity index (χ2n) is 9.04. The van der Waals surface area contributed by atoms with E-state index in [4.69, 9.17) is 0 Å². The van der Waals surface area contributed by atoms with Crippen LogP contribution in [0, 0.1) is 0 Å².